The van der Waals surface area contributed by atoms with Gasteiger partial charge in [0.2, 0.25) is 0 Å². The second-order valence-corrected chi connectivity index (χ2v) is 4.49. The van der Waals surface area contributed by atoms with Gasteiger partial charge in [0.25, 0.3) is 0 Å². The van der Waals surface area contributed by atoms with Crippen LogP contribution in [0.25, 0.3) is 0 Å². The van der Waals surface area contributed by atoms with Crippen LogP contribution in [0.15, 0.2) is 42.6 Å². The number of aromatic nitrogens is 1. The number of halogens is 1. The standard InChI is InChI=1S/C13H12ClN3O2/c1-9(10-4-2-5-11(14)8-10)16-12-6-3-7-15-13(12)17(18)19/h2-9,16H,1H3. The summed E-state index contributed by atoms with van der Waals surface area (Å²) in [4.78, 5) is 14.1. The first-order chi connectivity index (χ1) is 9.08. The Bertz CT molecular complexity index is 604. The molecular formula is C13H12ClN3O2. The molecule has 1 aromatic carbocycles. The largest absolute Gasteiger partial charge is 0.386 e. The molecule has 2 aromatic rings. The molecule has 0 aliphatic heterocycles. The quantitative estimate of drug-likeness (QED) is 0.681. The molecular weight excluding hydrogens is 266 g/mol. The number of nitrogens with zero attached hydrogens (tertiary/aromatic N) is 2. The van der Waals surface area contributed by atoms with Crippen molar-refractivity contribution in [2.45, 2.75) is 13.0 Å². The van der Waals surface area contributed by atoms with E-state index in [1.54, 1.807) is 18.2 Å². The molecule has 0 fully saturated rings. The summed E-state index contributed by atoms with van der Waals surface area (Å²) in [7, 11) is 0. The summed E-state index contributed by atoms with van der Waals surface area (Å²) in [5.41, 5.74) is 1.34. The van der Waals surface area contributed by atoms with Crippen LogP contribution in [-0.4, -0.2) is 9.91 Å². The van der Waals surface area contributed by atoms with Crippen LogP contribution in [0.2, 0.25) is 5.02 Å². The fraction of sp³-hybridized carbons (Fsp3) is 0.154. The smallest absolute Gasteiger partial charge is 0.372 e. The molecule has 1 N–H and O–H groups in total. The molecule has 0 amide bonds. The van der Waals surface area contributed by atoms with Gasteiger partial charge in [-0.15, -0.1) is 0 Å². The highest BCUT2D eigenvalue weighted by Crippen LogP contribution is 2.26. The molecule has 0 aliphatic rings. The van der Waals surface area contributed by atoms with Crippen molar-refractivity contribution in [1.82, 2.24) is 4.98 Å². The highest BCUT2D eigenvalue weighted by atomic mass is 35.5. The van der Waals surface area contributed by atoms with Crippen molar-refractivity contribution in [3.8, 4) is 0 Å². The average Bonchev–Trinajstić information content (AvgIpc) is 2.39. The van der Waals surface area contributed by atoms with Crippen molar-refractivity contribution in [2.24, 2.45) is 0 Å². The van der Waals surface area contributed by atoms with Crippen LogP contribution in [0.1, 0.15) is 18.5 Å². The van der Waals surface area contributed by atoms with Crippen LogP contribution in [0.4, 0.5) is 11.5 Å². The van der Waals surface area contributed by atoms with Gasteiger partial charge in [-0.05, 0) is 46.7 Å². The fourth-order valence-electron chi connectivity index (χ4n) is 1.75. The van der Waals surface area contributed by atoms with Gasteiger partial charge >= 0.3 is 5.82 Å². The molecule has 0 aliphatic carbocycles. The van der Waals surface area contributed by atoms with Gasteiger partial charge in [0.15, 0.2) is 0 Å². The van der Waals surface area contributed by atoms with E-state index in [4.69, 9.17) is 11.6 Å². The summed E-state index contributed by atoms with van der Waals surface area (Å²) in [6.07, 6.45) is 1.40. The van der Waals surface area contributed by atoms with E-state index in [-0.39, 0.29) is 11.9 Å². The maximum Gasteiger partial charge on any atom is 0.386 e. The predicted octanol–water partition coefficient (Wildman–Crippen LogP) is 3.82. The van der Waals surface area contributed by atoms with Crippen molar-refractivity contribution >= 4 is 23.1 Å². The van der Waals surface area contributed by atoms with Gasteiger partial charge in [-0.2, -0.15) is 0 Å². The Morgan fingerprint density at radius 2 is 2.16 bits per heavy atom. The molecule has 0 radical (unpaired) electrons. The van der Waals surface area contributed by atoms with Gasteiger partial charge in [-0.3, -0.25) is 0 Å². The highest BCUT2D eigenvalue weighted by molar-refractivity contribution is 6.30. The first-order valence-corrected chi connectivity index (χ1v) is 6.07. The molecule has 6 heteroatoms. The lowest BCUT2D eigenvalue weighted by atomic mass is 10.1. The number of nitro groups is 1. The molecule has 0 saturated heterocycles. The third-order valence-electron chi connectivity index (χ3n) is 2.68. The highest BCUT2D eigenvalue weighted by Gasteiger charge is 2.16. The van der Waals surface area contributed by atoms with Crippen LogP contribution in [-0.2, 0) is 0 Å². The number of hydrogen-bond acceptors (Lipinski definition) is 4. The first-order valence-electron chi connectivity index (χ1n) is 5.69. The van der Waals surface area contributed by atoms with E-state index < -0.39 is 4.92 Å². The van der Waals surface area contributed by atoms with Crippen molar-refractivity contribution in [2.75, 3.05) is 5.32 Å². The molecule has 2 rings (SSSR count). The Morgan fingerprint density at radius 3 is 2.84 bits per heavy atom. The summed E-state index contributed by atoms with van der Waals surface area (Å²) in [5.74, 6) is -0.184. The van der Waals surface area contributed by atoms with Crippen LogP contribution >= 0.6 is 11.6 Å². The molecule has 1 aromatic heterocycles. The number of pyridine rings is 1. The molecule has 1 unspecified atom stereocenters. The lowest BCUT2D eigenvalue weighted by molar-refractivity contribution is -0.388. The lowest BCUT2D eigenvalue weighted by Crippen LogP contribution is -2.09. The van der Waals surface area contributed by atoms with Gasteiger partial charge in [0, 0.05) is 11.1 Å². The molecule has 19 heavy (non-hydrogen) atoms. The summed E-state index contributed by atoms with van der Waals surface area (Å²) in [6, 6.07) is 10.5. The molecule has 1 atom stereocenters. The SMILES string of the molecule is CC(Nc1cccnc1[N+](=O)[O-])c1cccc(Cl)c1. The second-order valence-electron chi connectivity index (χ2n) is 4.05. The summed E-state index contributed by atoms with van der Waals surface area (Å²) in [5, 5.41) is 14.6. The second kappa shape index (κ2) is 5.67. The molecule has 0 spiro atoms. The summed E-state index contributed by atoms with van der Waals surface area (Å²) in [6.45, 7) is 1.91. The Balaban J connectivity index is 2.24. The third-order valence-corrected chi connectivity index (χ3v) is 2.92. The number of hydrogen-bond donors (Lipinski definition) is 1. The Hall–Kier alpha value is -2.14. The van der Waals surface area contributed by atoms with Gasteiger partial charge in [0.1, 0.15) is 11.9 Å². The molecule has 5 nitrogen and oxygen atoms in total. The minimum atomic E-state index is -0.507. The number of rotatable bonds is 4. The first kappa shape index (κ1) is 13.3. The average molecular weight is 278 g/mol. The maximum atomic E-state index is 10.9. The van der Waals surface area contributed by atoms with Crippen LogP contribution in [0.5, 0.6) is 0 Å². The Labute approximate surface area is 115 Å². The topological polar surface area (TPSA) is 68.1 Å². The zero-order valence-electron chi connectivity index (χ0n) is 10.2. The van der Waals surface area contributed by atoms with Crippen LogP contribution < -0.4 is 5.32 Å². The van der Waals surface area contributed by atoms with Gasteiger partial charge in [-0.25, -0.2) is 0 Å². The van der Waals surface area contributed by atoms with Crippen LogP contribution in [0, 0.1) is 10.1 Å². The van der Waals surface area contributed by atoms with E-state index in [1.165, 1.54) is 6.20 Å². The van der Waals surface area contributed by atoms with Crippen molar-refractivity contribution in [1.29, 1.82) is 0 Å². The Morgan fingerprint density at radius 1 is 1.37 bits per heavy atom. The maximum absolute atomic E-state index is 10.9. The summed E-state index contributed by atoms with van der Waals surface area (Å²) < 4.78 is 0. The van der Waals surface area contributed by atoms with Gasteiger partial charge in [0.05, 0.1) is 0 Å². The molecule has 98 valence electrons. The van der Waals surface area contributed by atoms with Crippen molar-refractivity contribution in [3.05, 3.63) is 63.3 Å². The summed E-state index contributed by atoms with van der Waals surface area (Å²) >= 11 is 5.93. The predicted molar refractivity (Wildman–Crippen MR) is 74.4 cm³/mol. The third kappa shape index (κ3) is 3.20. The monoisotopic (exact) mass is 277 g/mol. The minimum absolute atomic E-state index is 0.110. The molecule has 1 heterocycles. The fourth-order valence-corrected chi connectivity index (χ4v) is 1.95. The van der Waals surface area contributed by atoms with E-state index in [0.29, 0.717) is 10.7 Å². The van der Waals surface area contributed by atoms with E-state index in [9.17, 15) is 10.1 Å². The molecule has 0 saturated carbocycles. The number of anilines is 1. The van der Waals surface area contributed by atoms with Crippen LogP contribution in [0.3, 0.4) is 0 Å². The zero-order valence-corrected chi connectivity index (χ0v) is 11.0. The Kier molecular flexibility index (Phi) is 3.97. The number of benzene rings is 1. The minimum Gasteiger partial charge on any atom is -0.372 e. The molecule has 0 bridgehead atoms. The lowest BCUT2D eigenvalue weighted by Gasteiger charge is -2.15. The number of nitrogens with one attached hydrogen (secondary N) is 1. The van der Waals surface area contributed by atoms with E-state index in [0.717, 1.165) is 5.56 Å². The normalized spacial score (nSPS) is 11.9. The van der Waals surface area contributed by atoms with Gasteiger partial charge in [-0.1, -0.05) is 23.7 Å². The van der Waals surface area contributed by atoms with E-state index in [2.05, 4.69) is 10.3 Å². The van der Waals surface area contributed by atoms with Crippen molar-refractivity contribution < 1.29 is 4.92 Å². The van der Waals surface area contributed by atoms with E-state index in [1.807, 2.05) is 25.1 Å². The van der Waals surface area contributed by atoms with Gasteiger partial charge < -0.3 is 15.4 Å². The van der Waals surface area contributed by atoms with E-state index >= 15 is 0 Å². The zero-order chi connectivity index (χ0) is 13.8. The van der Waals surface area contributed by atoms with Crippen molar-refractivity contribution in [3.63, 3.8) is 0 Å².